The number of hydrogen-bond acceptors (Lipinski definition) is 5. The minimum Gasteiger partial charge on any atom is -0.352 e. The van der Waals surface area contributed by atoms with Crippen LogP contribution in [0.25, 0.3) is 0 Å². The molecule has 1 saturated heterocycles. The lowest BCUT2D eigenvalue weighted by atomic mass is 10.1. The highest BCUT2D eigenvalue weighted by atomic mass is 32.2. The van der Waals surface area contributed by atoms with Crippen LogP contribution in [0, 0.1) is 0 Å². The molecule has 28 heavy (non-hydrogen) atoms. The van der Waals surface area contributed by atoms with Gasteiger partial charge < -0.3 is 10.6 Å². The highest BCUT2D eigenvalue weighted by Crippen LogP contribution is 2.28. The van der Waals surface area contributed by atoms with Gasteiger partial charge in [0.2, 0.25) is 5.91 Å². The Kier molecular flexibility index (Phi) is 6.48. The number of carbonyl (C=O) groups is 2. The van der Waals surface area contributed by atoms with Crippen molar-refractivity contribution in [2.45, 2.75) is 36.6 Å². The Morgan fingerprint density at radius 1 is 1.21 bits per heavy atom. The average Bonchev–Trinajstić information content (AvgIpc) is 3.38. The van der Waals surface area contributed by atoms with Gasteiger partial charge in [-0.2, -0.15) is 4.31 Å². The van der Waals surface area contributed by atoms with Crippen molar-refractivity contribution in [1.82, 2.24) is 14.9 Å². The van der Waals surface area contributed by atoms with Crippen LogP contribution in [0.4, 0.5) is 0 Å². The molecule has 1 aromatic heterocycles. The smallest absolute Gasteiger partial charge is 0.253 e. The van der Waals surface area contributed by atoms with Gasteiger partial charge in [-0.3, -0.25) is 9.59 Å². The van der Waals surface area contributed by atoms with E-state index in [1.54, 1.807) is 35.7 Å². The number of thiophene rings is 1. The number of nitrogens with zero attached hydrogens (tertiary/aromatic N) is 1. The Morgan fingerprint density at radius 3 is 2.75 bits per heavy atom. The van der Waals surface area contributed by atoms with Crippen LogP contribution in [0.5, 0.6) is 0 Å². The molecule has 1 aliphatic rings. The molecule has 3 rings (SSSR count). The zero-order valence-corrected chi connectivity index (χ0v) is 17.2. The molecule has 0 unspecified atom stereocenters. The first-order chi connectivity index (χ1) is 13.4. The van der Waals surface area contributed by atoms with Crippen molar-refractivity contribution in [1.29, 1.82) is 0 Å². The van der Waals surface area contributed by atoms with Crippen molar-refractivity contribution in [3.05, 3.63) is 52.9 Å². The molecule has 2 amide bonds. The van der Waals surface area contributed by atoms with Gasteiger partial charge in [0.1, 0.15) is 10.3 Å². The number of benzene rings is 1. The minimum absolute atomic E-state index is 0.167. The molecule has 0 saturated carbocycles. The second-order valence-electron chi connectivity index (χ2n) is 6.48. The van der Waals surface area contributed by atoms with Crippen LogP contribution in [-0.2, 0) is 21.4 Å². The normalized spacial score (nSPS) is 17.4. The molecule has 1 aromatic carbocycles. The Morgan fingerprint density at radius 2 is 2.04 bits per heavy atom. The maximum Gasteiger partial charge on any atom is 0.253 e. The molecule has 0 spiro atoms. The largest absolute Gasteiger partial charge is 0.352 e. The fourth-order valence-corrected chi connectivity index (χ4v) is 5.98. The fraction of sp³-hybridized carbons (Fsp3) is 0.368. The third-order valence-corrected chi connectivity index (χ3v) is 7.84. The van der Waals surface area contributed by atoms with E-state index in [-0.39, 0.29) is 22.6 Å². The Balaban J connectivity index is 1.66. The predicted octanol–water partition coefficient (Wildman–Crippen LogP) is 1.97. The van der Waals surface area contributed by atoms with Gasteiger partial charge in [-0.25, -0.2) is 8.42 Å². The lowest BCUT2D eigenvalue weighted by molar-refractivity contribution is -0.124. The Bertz CT molecular complexity index is 942. The van der Waals surface area contributed by atoms with Gasteiger partial charge in [0, 0.05) is 25.2 Å². The lowest BCUT2D eigenvalue weighted by Crippen LogP contribution is -2.45. The summed E-state index contributed by atoms with van der Waals surface area (Å²) in [6.45, 7) is 2.95. The summed E-state index contributed by atoms with van der Waals surface area (Å²) in [5.74, 6) is -0.485. The molecule has 2 N–H and O–H groups in total. The molecule has 1 aliphatic heterocycles. The second-order valence-corrected chi connectivity index (χ2v) is 9.55. The number of rotatable bonds is 7. The second kappa shape index (κ2) is 8.85. The first kappa shape index (κ1) is 20.5. The molecular formula is C19H23N3O4S2. The first-order valence-electron chi connectivity index (χ1n) is 9.13. The van der Waals surface area contributed by atoms with Gasteiger partial charge >= 0.3 is 0 Å². The maximum absolute atomic E-state index is 12.8. The summed E-state index contributed by atoms with van der Waals surface area (Å²) in [7, 11) is -3.66. The summed E-state index contributed by atoms with van der Waals surface area (Å²) < 4.78 is 27.1. The lowest BCUT2D eigenvalue weighted by Gasteiger charge is -2.22. The van der Waals surface area contributed by atoms with Crippen LogP contribution in [0.2, 0.25) is 0 Å². The summed E-state index contributed by atoms with van der Waals surface area (Å²) in [5.41, 5.74) is 1.30. The van der Waals surface area contributed by atoms with Gasteiger partial charge in [-0.1, -0.05) is 18.2 Å². The van der Waals surface area contributed by atoms with Gasteiger partial charge in [-0.05, 0) is 48.9 Å². The van der Waals surface area contributed by atoms with Gasteiger partial charge in [0.05, 0.1) is 0 Å². The number of amides is 2. The van der Waals surface area contributed by atoms with E-state index in [2.05, 4.69) is 10.6 Å². The third-order valence-electron chi connectivity index (χ3n) is 4.56. The summed E-state index contributed by atoms with van der Waals surface area (Å²) in [5, 5.41) is 7.26. The standard InChI is InChI=1S/C19H23N3O4S2/c1-2-20-18(23)15-7-3-6-14(12-15)13-21-19(24)16-8-4-10-22(16)28(25,26)17-9-5-11-27-17/h3,5-7,9,11-12,16H,2,4,8,10,13H2,1H3,(H,20,23)(H,21,24)/t16-/m1/s1. The van der Waals surface area contributed by atoms with Crippen LogP contribution in [0.1, 0.15) is 35.7 Å². The zero-order valence-electron chi connectivity index (χ0n) is 15.6. The quantitative estimate of drug-likeness (QED) is 0.714. The van der Waals surface area contributed by atoms with E-state index in [9.17, 15) is 18.0 Å². The van der Waals surface area contributed by atoms with Crippen molar-refractivity contribution in [2.75, 3.05) is 13.1 Å². The monoisotopic (exact) mass is 421 g/mol. The molecule has 2 heterocycles. The molecule has 9 heteroatoms. The average molecular weight is 422 g/mol. The van der Waals surface area contributed by atoms with Crippen molar-refractivity contribution in [3.63, 3.8) is 0 Å². The van der Waals surface area contributed by atoms with E-state index >= 15 is 0 Å². The molecule has 1 atom stereocenters. The Labute approximate surface area is 168 Å². The number of carbonyl (C=O) groups excluding carboxylic acids is 2. The van der Waals surface area contributed by atoms with E-state index in [0.29, 0.717) is 31.5 Å². The van der Waals surface area contributed by atoms with Gasteiger partial charge in [0.15, 0.2) is 0 Å². The van der Waals surface area contributed by atoms with Crippen molar-refractivity contribution >= 4 is 33.2 Å². The molecule has 1 fully saturated rings. The number of nitrogens with one attached hydrogen (secondary N) is 2. The molecule has 0 aliphatic carbocycles. The SMILES string of the molecule is CCNC(=O)c1cccc(CNC(=O)[C@H]2CCCN2S(=O)(=O)c2cccs2)c1. The van der Waals surface area contributed by atoms with Crippen molar-refractivity contribution in [2.24, 2.45) is 0 Å². The predicted molar refractivity (Wildman–Crippen MR) is 108 cm³/mol. The van der Waals surface area contributed by atoms with E-state index in [0.717, 1.165) is 16.9 Å². The Hall–Kier alpha value is -2.23. The van der Waals surface area contributed by atoms with Crippen LogP contribution < -0.4 is 10.6 Å². The van der Waals surface area contributed by atoms with Gasteiger partial charge in [-0.15, -0.1) is 11.3 Å². The van der Waals surface area contributed by atoms with Crippen LogP contribution in [-0.4, -0.2) is 43.7 Å². The molecule has 7 nitrogen and oxygen atoms in total. The summed E-state index contributed by atoms with van der Waals surface area (Å²) in [6, 6.07) is 9.54. The van der Waals surface area contributed by atoms with Crippen LogP contribution in [0.3, 0.4) is 0 Å². The zero-order chi connectivity index (χ0) is 20.1. The van der Waals surface area contributed by atoms with E-state index < -0.39 is 16.1 Å². The summed E-state index contributed by atoms with van der Waals surface area (Å²) in [6.07, 6.45) is 1.14. The summed E-state index contributed by atoms with van der Waals surface area (Å²) >= 11 is 1.15. The van der Waals surface area contributed by atoms with E-state index in [1.165, 1.54) is 4.31 Å². The van der Waals surface area contributed by atoms with Crippen LogP contribution >= 0.6 is 11.3 Å². The molecule has 2 aromatic rings. The first-order valence-corrected chi connectivity index (χ1v) is 11.5. The van der Waals surface area contributed by atoms with Crippen molar-refractivity contribution < 1.29 is 18.0 Å². The molecule has 0 bridgehead atoms. The molecule has 0 radical (unpaired) electrons. The summed E-state index contributed by atoms with van der Waals surface area (Å²) in [4.78, 5) is 24.6. The van der Waals surface area contributed by atoms with Crippen molar-refractivity contribution in [3.8, 4) is 0 Å². The highest BCUT2D eigenvalue weighted by Gasteiger charge is 2.39. The van der Waals surface area contributed by atoms with Crippen LogP contribution in [0.15, 0.2) is 46.0 Å². The van der Waals surface area contributed by atoms with E-state index in [4.69, 9.17) is 0 Å². The fourth-order valence-electron chi connectivity index (χ4n) is 3.21. The highest BCUT2D eigenvalue weighted by molar-refractivity contribution is 7.91. The number of hydrogen-bond donors (Lipinski definition) is 2. The topological polar surface area (TPSA) is 95.6 Å². The number of sulfonamides is 1. The molecular weight excluding hydrogens is 398 g/mol. The van der Waals surface area contributed by atoms with E-state index in [1.807, 2.05) is 13.0 Å². The minimum atomic E-state index is -3.66. The maximum atomic E-state index is 12.8. The molecule has 150 valence electrons. The third kappa shape index (κ3) is 4.43. The van der Waals surface area contributed by atoms with Gasteiger partial charge in [0.25, 0.3) is 15.9 Å².